The van der Waals surface area contributed by atoms with E-state index in [0.717, 1.165) is 11.1 Å². The monoisotopic (exact) mass is 442 g/mol. The molecular weight excluding hydrogens is 416 g/mol. The summed E-state index contributed by atoms with van der Waals surface area (Å²) in [6.45, 7) is 5.59. The first-order valence-corrected chi connectivity index (χ1v) is 10.5. The van der Waals surface area contributed by atoms with Crippen LogP contribution in [0.25, 0.3) is 5.57 Å². The highest BCUT2D eigenvalue weighted by Gasteiger charge is 2.42. The zero-order chi connectivity index (χ0) is 22.5. The van der Waals surface area contributed by atoms with Crippen molar-refractivity contribution >= 4 is 34.7 Å². The van der Waals surface area contributed by atoms with Gasteiger partial charge < -0.3 is 14.4 Å². The van der Waals surface area contributed by atoms with Crippen molar-refractivity contribution in [1.29, 1.82) is 0 Å². The topological polar surface area (TPSA) is 59.1 Å². The molecule has 0 atom stereocenters. The van der Waals surface area contributed by atoms with Gasteiger partial charge in [-0.05, 0) is 48.7 Å². The van der Waals surface area contributed by atoms with E-state index in [1.165, 1.54) is 4.90 Å². The number of halogens is 1. The number of ether oxygens (including phenoxy) is 2. The van der Waals surface area contributed by atoms with Gasteiger partial charge in [0.05, 0.1) is 24.5 Å². The van der Waals surface area contributed by atoms with Gasteiger partial charge in [0.25, 0.3) is 11.8 Å². The molecule has 3 rings (SSSR count). The average molecular weight is 443 g/mol. The fourth-order valence-corrected chi connectivity index (χ4v) is 3.75. The lowest BCUT2D eigenvalue weighted by Gasteiger charge is -2.26. The maximum atomic E-state index is 13.7. The summed E-state index contributed by atoms with van der Waals surface area (Å²) in [7, 11) is 3.21. The summed E-state index contributed by atoms with van der Waals surface area (Å²) in [4.78, 5) is 30.5. The zero-order valence-corrected chi connectivity index (χ0v) is 19.0. The highest BCUT2D eigenvalue weighted by atomic mass is 35.5. The van der Waals surface area contributed by atoms with Crippen molar-refractivity contribution in [3.05, 3.63) is 69.9 Å². The van der Waals surface area contributed by atoms with E-state index in [2.05, 4.69) is 0 Å². The van der Waals surface area contributed by atoms with Crippen molar-refractivity contribution in [3.8, 4) is 0 Å². The third kappa shape index (κ3) is 4.66. The summed E-state index contributed by atoms with van der Waals surface area (Å²) in [6.07, 6.45) is 0. The molecule has 1 aliphatic rings. The summed E-state index contributed by atoms with van der Waals surface area (Å²) in [6, 6.07) is 12.6. The van der Waals surface area contributed by atoms with Crippen molar-refractivity contribution < 1.29 is 19.1 Å². The highest BCUT2D eigenvalue weighted by Crippen LogP contribution is 2.36. The minimum absolute atomic E-state index is 0.349. The molecule has 0 aliphatic carbocycles. The van der Waals surface area contributed by atoms with Crippen molar-refractivity contribution in [2.24, 2.45) is 0 Å². The molecule has 6 nitrogen and oxygen atoms in total. The van der Waals surface area contributed by atoms with Gasteiger partial charge in [0.1, 0.15) is 5.70 Å². The molecule has 7 heteroatoms. The zero-order valence-electron chi connectivity index (χ0n) is 18.3. The number of imide groups is 1. The molecule has 0 saturated carbocycles. The molecule has 164 valence electrons. The molecule has 2 aromatic rings. The lowest BCUT2D eigenvalue weighted by molar-refractivity contribution is -0.120. The number of carbonyl (C=O) groups is 2. The number of nitrogens with zero attached hydrogens (tertiary/aromatic N) is 2. The van der Waals surface area contributed by atoms with Gasteiger partial charge in [-0.25, -0.2) is 4.90 Å². The van der Waals surface area contributed by atoms with Crippen LogP contribution in [0.5, 0.6) is 0 Å². The number of aryl methyl sites for hydroxylation is 1. The van der Waals surface area contributed by atoms with Crippen molar-refractivity contribution in [2.45, 2.75) is 13.8 Å². The fourth-order valence-electron chi connectivity index (χ4n) is 3.62. The molecular formula is C24H27ClN2O4. The van der Waals surface area contributed by atoms with Crippen LogP contribution in [0.3, 0.4) is 0 Å². The third-order valence-corrected chi connectivity index (χ3v) is 5.71. The third-order valence-electron chi connectivity index (χ3n) is 5.46. The van der Waals surface area contributed by atoms with Crippen LogP contribution in [0.15, 0.2) is 48.2 Å². The predicted molar refractivity (Wildman–Crippen MR) is 122 cm³/mol. The van der Waals surface area contributed by atoms with Crippen LogP contribution in [0, 0.1) is 13.8 Å². The smallest absolute Gasteiger partial charge is 0.282 e. The number of rotatable bonds is 9. The van der Waals surface area contributed by atoms with E-state index in [9.17, 15) is 9.59 Å². The summed E-state index contributed by atoms with van der Waals surface area (Å²) in [5.41, 5.74) is 3.84. The average Bonchev–Trinajstić information content (AvgIpc) is 3.01. The minimum Gasteiger partial charge on any atom is -0.383 e. The van der Waals surface area contributed by atoms with Crippen molar-refractivity contribution in [2.75, 3.05) is 45.4 Å². The van der Waals surface area contributed by atoms with Gasteiger partial charge >= 0.3 is 0 Å². The van der Waals surface area contributed by atoms with E-state index in [-0.39, 0.29) is 11.8 Å². The maximum Gasteiger partial charge on any atom is 0.282 e. The molecule has 31 heavy (non-hydrogen) atoms. The number of hydrogen-bond acceptors (Lipinski definition) is 5. The first-order chi connectivity index (χ1) is 14.9. The second-order valence-corrected chi connectivity index (χ2v) is 7.80. The second-order valence-electron chi connectivity index (χ2n) is 7.37. The Morgan fingerprint density at radius 3 is 2.10 bits per heavy atom. The van der Waals surface area contributed by atoms with Crippen LogP contribution in [0.2, 0.25) is 5.02 Å². The highest BCUT2D eigenvalue weighted by molar-refractivity contribution is 6.45. The first-order valence-electron chi connectivity index (χ1n) is 10.1. The Bertz CT molecular complexity index is 993. The Balaban J connectivity index is 2.16. The number of hydrogen-bond donors (Lipinski definition) is 0. The van der Waals surface area contributed by atoms with Gasteiger partial charge in [0.15, 0.2) is 0 Å². The van der Waals surface area contributed by atoms with Crippen LogP contribution in [-0.2, 0) is 19.1 Å². The molecule has 2 amide bonds. The van der Waals surface area contributed by atoms with Crippen LogP contribution >= 0.6 is 11.6 Å². The maximum absolute atomic E-state index is 13.7. The Hall–Kier alpha value is -2.67. The van der Waals surface area contributed by atoms with Gasteiger partial charge in [-0.15, -0.1) is 0 Å². The Labute approximate surface area is 188 Å². The van der Waals surface area contributed by atoms with E-state index in [1.54, 1.807) is 44.6 Å². The number of amides is 2. The van der Waals surface area contributed by atoms with Crippen molar-refractivity contribution in [3.63, 3.8) is 0 Å². The lowest BCUT2D eigenvalue weighted by atomic mass is 10.0. The standard InChI is InChI=1S/C24H27ClN2O4/c1-16-6-5-7-20(17(16)2)27-23(28)21(18-8-10-19(25)11-9-18)22(24(27)29)26(12-14-30-3)13-15-31-4/h5-11H,12-15H2,1-4H3. The Morgan fingerprint density at radius 1 is 0.903 bits per heavy atom. The van der Waals surface area contributed by atoms with Gasteiger partial charge in [-0.3, -0.25) is 9.59 Å². The quantitative estimate of drug-likeness (QED) is 0.552. The summed E-state index contributed by atoms with van der Waals surface area (Å²) in [5, 5.41) is 0.560. The van der Waals surface area contributed by atoms with Gasteiger partial charge in [-0.2, -0.15) is 0 Å². The Morgan fingerprint density at radius 2 is 1.52 bits per heavy atom. The summed E-state index contributed by atoms with van der Waals surface area (Å²) in [5.74, 6) is -0.702. The molecule has 0 bridgehead atoms. The van der Waals surface area contributed by atoms with Gasteiger partial charge in [-0.1, -0.05) is 35.9 Å². The summed E-state index contributed by atoms with van der Waals surface area (Å²) < 4.78 is 10.5. The van der Waals surface area contributed by atoms with Crippen LogP contribution < -0.4 is 4.90 Å². The molecule has 1 aliphatic heterocycles. The predicted octanol–water partition coefficient (Wildman–Crippen LogP) is 3.84. The number of methoxy groups -OCH3 is 2. The minimum atomic E-state index is -0.351. The van der Waals surface area contributed by atoms with E-state index in [4.69, 9.17) is 21.1 Å². The Kier molecular flexibility index (Phi) is 7.49. The van der Waals surface area contributed by atoms with E-state index in [0.29, 0.717) is 53.8 Å². The molecule has 0 spiro atoms. The van der Waals surface area contributed by atoms with E-state index < -0.39 is 0 Å². The molecule has 0 saturated heterocycles. The SMILES string of the molecule is COCCN(CCOC)C1=C(c2ccc(Cl)cc2)C(=O)N(c2cccc(C)c2C)C1=O. The molecule has 0 radical (unpaired) electrons. The molecule has 0 N–H and O–H groups in total. The van der Waals surface area contributed by atoms with Crippen molar-refractivity contribution in [1.82, 2.24) is 4.90 Å². The van der Waals surface area contributed by atoms with Crippen LogP contribution in [-0.4, -0.2) is 57.2 Å². The van der Waals surface area contributed by atoms with Crippen LogP contribution in [0.1, 0.15) is 16.7 Å². The summed E-state index contributed by atoms with van der Waals surface area (Å²) >= 11 is 6.06. The molecule has 0 unspecified atom stereocenters. The fraction of sp³-hybridized carbons (Fsp3) is 0.333. The largest absolute Gasteiger partial charge is 0.383 e. The number of benzene rings is 2. The lowest BCUT2D eigenvalue weighted by Crippen LogP contribution is -2.38. The van der Waals surface area contributed by atoms with Gasteiger partial charge in [0, 0.05) is 32.3 Å². The van der Waals surface area contributed by atoms with Gasteiger partial charge in [0.2, 0.25) is 0 Å². The first kappa shape index (κ1) is 23.0. The molecule has 2 aromatic carbocycles. The molecule has 0 fully saturated rings. The second kappa shape index (κ2) is 10.1. The van der Waals surface area contributed by atoms with E-state index in [1.807, 2.05) is 30.9 Å². The van der Waals surface area contributed by atoms with E-state index >= 15 is 0 Å². The number of anilines is 1. The molecule has 0 aromatic heterocycles. The molecule has 1 heterocycles. The van der Waals surface area contributed by atoms with Crippen LogP contribution in [0.4, 0.5) is 5.69 Å². The normalized spacial score (nSPS) is 14.0. The number of carbonyl (C=O) groups excluding carboxylic acids is 2.